The minimum atomic E-state index is 0.170. The molecule has 0 unspecified atom stereocenters. The molecular weight excluding hydrogens is 306 g/mol. The molecule has 0 bridgehead atoms. The third-order valence-corrected chi connectivity index (χ3v) is 6.47. The van der Waals surface area contributed by atoms with Gasteiger partial charge in [-0.05, 0) is 49.8 Å². The molecule has 0 N–H and O–H groups in total. The van der Waals surface area contributed by atoms with Crippen LogP contribution in [0, 0.1) is 5.92 Å². The molecule has 2 fully saturated rings. The van der Waals surface area contributed by atoms with Gasteiger partial charge in [-0.15, -0.1) is 11.3 Å². The lowest BCUT2D eigenvalue weighted by molar-refractivity contribution is 0.243. The molecule has 0 radical (unpaired) electrons. The molecule has 2 aromatic rings. The van der Waals surface area contributed by atoms with Crippen molar-refractivity contribution in [3.8, 4) is 5.75 Å². The van der Waals surface area contributed by atoms with Crippen LogP contribution in [-0.2, 0) is 0 Å². The first kappa shape index (κ1) is 15.0. The molecule has 1 aliphatic carbocycles. The van der Waals surface area contributed by atoms with Crippen LogP contribution in [0.5, 0.6) is 5.75 Å². The fourth-order valence-electron chi connectivity index (χ4n) is 4.35. The zero-order valence-electron chi connectivity index (χ0n) is 13.6. The number of fused-ring (bicyclic) bond motifs is 2. The van der Waals surface area contributed by atoms with Crippen LogP contribution in [0.1, 0.15) is 38.5 Å². The van der Waals surface area contributed by atoms with Gasteiger partial charge in [-0.25, -0.2) is 0 Å². The van der Waals surface area contributed by atoms with E-state index in [4.69, 9.17) is 4.74 Å². The van der Waals surface area contributed by atoms with Crippen molar-refractivity contribution in [2.75, 3.05) is 18.6 Å². The van der Waals surface area contributed by atoms with Crippen LogP contribution >= 0.6 is 11.3 Å². The molecule has 2 aliphatic rings. The molecule has 23 heavy (non-hydrogen) atoms. The lowest BCUT2D eigenvalue weighted by Gasteiger charge is -2.45. The Morgan fingerprint density at radius 2 is 2.00 bits per heavy atom. The van der Waals surface area contributed by atoms with Gasteiger partial charge in [0, 0.05) is 28.1 Å². The number of rotatable bonds is 2. The fourth-order valence-corrected chi connectivity index (χ4v) is 5.26. The third-order valence-electron chi connectivity index (χ3n) is 5.51. The molecule has 1 saturated carbocycles. The van der Waals surface area contributed by atoms with Crippen molar-refractivity contribution in [1.82, 2.24) is 0 Å². The van der Waals surface area contributed by atoms with Gasteiger partial charge in [0.05, 0.1) is 12.8 Å². The van der Waals surface area contributed by atoms with Gasteiger partial charge in [0.25, 0.3) is 0 Å². The quantitative estimate of drug-likeness (QED) is 0.816. The summed E-state index contributed by atoms with van der Waals surface area (Å²) in [6.07, 6.45) is 7.78. The van der Waals surface area contributed by atoms with E-state index in [9.17, 15) is 4.79 Å². The van der Waals surface area contributed by atoms with Gasteiger partial charge in [0.15, 0.2) is 0 Å². The van der Waals surface area contributed by atoms with E-state index in [1.54, 1.807) is 18.4 Å². The third kappa shape index (κ3) is 2.63. The largest absolute Gasteiger partial charge is 0.497 e. The van der Waals surface area contributed by atoms with Crippen LogP contribution in [-0.4, -0.2) is 19.7 Å². The van der Waals surface area contributed by atoms with E-state index in [2.05, 4.69) is 10.3 Å². The van der Waals surface area contributed by atoms with Crippen molar-refractivity contribution in [3.05, 3.63) is 33.8 Å². The monoisotopic (exact) mass is 329 g/mol. The molecule has 1 aromatic carbocycles. The lowest BCUT2D eigenvalue weighted by Crippen LogP contribution is -2.48. The molecule has 2 atom stereocenters. The Morgan fingerprint density at radius 1 is 1.17 bits per heavy atom. The summed E-state index contributed by atoms with van der Waals surface area (Å²) < 4.78 is 6.34. The molecule has 122 valence electrons. The molecule has 4 heteroatoms. The van der Waals surface area contributed by atoms with E-state index >= 15 is 0 Å². The van der Waals surface area contributed by atoms with E-state index in [-0.39, 0.29) is 5.43 Å². The SMILES string of the molecule is COc1ccc2scc(N3CCC[C@@H]4CCCC[C@@H]43)c(=O)c2c1. The highest BCUT2D eigenvalue weighted by atomic mass is 32.1. The number of methoxy groups -OCH3 is 1. The number of piperidine rings is 1. The zero-order valence-corrected chi connectivity index (χ0v) is 14.4. The minimum Gasteiger partial charge on any atom is -0.497 e. The Balaban J connectivity index is 1.78. The Hall–Kier alpha value is -1.55. The highest BCUT2D eigenvalue weighted by molar-refractivity contribution is 7.16. The van der Waals surface area contributed by atoms with Crippen LogP contribution in [0.2, 0.25) is 0 Å². The normalized spacial score (nSPS) is 24.5. The van der Waals surface area contributed by atoms with Crippen LogP contribution < -0.4 is 15.1 Å². The highest BCUT2D eigenvalue weighted by Gasteiger charge is 2.34. The van der Waals surface area contributed by atoms with E-state index in [0.29, 0.717) is 6.04 Å². The smallest absolute Gasteiger partial charge is 0.211 e. The predicted octanol–water partition coefficient (Wildman–Crippen LogP) is 4.43. The molecule has 3 nitrogen and oxygen atoms in total. The Bertz CT molecular complexity index is 768. The van der Waals surface area contributed by atoms with Gasteiger partial charge in [0.2, 0.25) is 5.43 Å². The van der Waals surface area contributed by atoms with Gasteiger partial charge in [-0.3, -0.25) is 4.79 Å². The van der Waals surface area contributed by atoms with Crippen molar-refractivity contribution < 1.29 is 4.74 Å². The number of nitrogens with zero attached hydrogens (tertiary/aromatic N) is 1. The number of ether oxygens (including phenoxy) is 1. The summed E-state index contributed by atoms with van der Waals surface area (Å²) in [5, 5.41) is 2.87. The van der Waals surface area contributed by atoms with Gasteiger partial charge >= 0.3 is 0 Å². The molecule has 4 rings (SSSR count). The maximum absolute atomic E-state index is 13.1. The van der Waals surface area contributed by atoms with Crippen LogP contribution in [0.3, 0.4) is 0 Å². The number of hydrogen-bond acceptors (Lipinski definition) is 4. The van der Waals surface area contributed by atoms with Crippen molar-refractivity contribution >= 4 is 27.1 Å². The van der Waals surface area contributed by atoms with Gasteiger partial charge < -0.3 is 9.64 Å². The Labute approximate surface area is 140 Å². The summed E-state index contributed by atoms with van der Waals surface area (Å²) >= 11 is 1.67. The van der Waals surface area contributed by atoms with Gasteiger partial charge in [0.1, 0.15) is 5.75 Å². The minimum absolute atomic E-state index is 0.170. The van der Waals surface area contributed by atoms with Crippen LogP contribution in [0.15, 0.2) is 28.4 Å². The second-order valence-corrected chi connectivity index (χ2v) is 7.67. The van der Waals surface area contributed by atoms with Crippen molar-refractivity contribution in [3.63, 3.8) is 0 Å². The van der Waals surface area contributed by atoms with Crippen molar-refractivity contribution in [1.29, 1.82) is 0 Å². The molecule has 2 heterocycles. The highest BCUT2D eigenvalue weighted by Crippen LogP contribution is 2.37. The second-order valence-electron chi connectivity index (χ2n) is 6.76. The summed E-state index contributed by atoms with van der Waals surface area (Å²) in [6.45, 7) is 1.03. The van der Waals surface area contributed by atoms with E-state index in [0.717, 1.165) is 34.0 Å². The lowest BCUT2D eigenvalue weighted by atomic mass is 9.78. The second kappa shape index (κ2) is 6.16. The molecular formula is C19H23NO2S. The van der Waals surface area contributed by atoms with E-state index in [1.807, 2.05) is 18.2 Å². The van der Waals surface area contributed by atoms with Crippen molar-refractivity contribution in [2.45, 2.75) is 44.6 Å². The number of benzene rings is 1. The predicted molar refractivity (Wildman–Crippen MR) is 97.0 cm³/mol. The standard InChI is InChI=1S/C19H23NO2S/c1-22-14-8-9-18-15(11-14)19(21)17(12-23-18)20-10-4-6-13-5-2-3-7-16(13)20/h8-9,11-13,16H,2-7,10H2,1H3/t13-,16-/m0/s1. The first-order valence-electron chi connectivity index (χ1n) is 8.64. The number of anilines is 1. The van der Waals surface area contributed by atoms with Gasteiger partial charge in [-0.1, -0.05) is 12.8 Å². The Morgan fingerprint density at radius 3 is 2.87 bits per heavy atom. The first-order chi connectivity index (χ1) is 11.3. The van der Waals surface area contributed by atoms with E-state index in [1.165, 1.54) is 38.5 Å². The van der Waals surface area contributed by atoms with E-state index < -0.39 is 0 Å². The average Bonchev–Trinajstić information content (AvgIpc) is 2.61. The maximum atomic E-state index is 13.1. The molecule has 0 amide bonds. The van der Waals surface area contributed by atoms with Gasteiger partial charge in [-0.2, -0.15) is 0 Å². The summed E-state index contributed by atoms with van der Waals surface area (Å²) in [7, 11) is 1.65. The first-order valence-corrected chi connectivity index (χ1v) is 9.52. The maximum Gasteiger partial charge on any atom is 0.211 e. The molecule has 1 saturated heterocycles. The van der Waals surface area contributed by atoms with Crippen LogP contribution in [0.25, 0.3) is 10.1 Å². The summed E-state index contributed by atoms with van der Waals surface area (Å²) in [6, 6.07) is 6.38. The molecule has 1 aliphatic heterocycles. The number of hydrogen-bond donors (Lipinski definition) is 0. The summed E-state index contributed by atoms with van der Waals surface area (Å²) in [4.78, 5) is 15.5. The zero-order chi connectivity index (χ0) is 15.8. The Kier molecular flexibility index (Phi) is 4.02. The summed E-state index contributed by atoms with van der Waals surface area (Å²) in [5.74, 6) is 1.54. The average molecular weight is 329 g/mol. The summed E-state index contributed by atoms with van der Waals surface area (Å²) in [5.41, 5.74) is 1.08. The molecule has 0 spiro atoms. The fraction of sp³-hybridized carbons (Fsp3) is 0.526. The molecule has 1 aromatic heterocycles. The topological polar surface area (TPSA) is 29.5 Å². The van der Waals surface area contributed by atoms with Crippen LogP contribution in [0.4, 0.5) is 5.69 Å². The van der Waals surface area contributed by atoms with Crippen molar-refractivity contribution in [2.24, 2.45) is 5.92 Å².